The van der Waals surface area contributed by atoms with Crippen LogP contribution in [0.3, 0.4) is 0 Å². The first-order valence-electron chi connectivity index (χ1n) is 5.20. The summed E-state index contributed by atoms with van der Waals surface area (Å²) < 4.78 is 36.6. The van der Waals surface area contributed by atoms with E-state index in [9.17, 15) is 13.2 Å². The Balaban J connectivity index is 4.10. The SMILES string of the molecule is CCCNC(CC(F)(F)F)C(C)CC. The summed E-state index contributed by atoms with van der Waals surface area (Å²) in [5.41, 5.74) is 0. The first-order chi connectivity index (χ1) is 6.40. The molecule has 0 saturated carbocycles. The van der Waals surface area contributed by atoms with Crippen molar-refractivity contribution >= 4 is 0 Å². The van der Waals surface area contributed by atoms with Gasteiger partial charge in [0.2, 0.25) is 0 Å². The Bertz CT molecular complexity index is 145. The smallest absolute Gasteiger partial charge is 0.313 e. The van der Waals surface area contributed by atoms with E-state index in [1.54, 1.807) is 0 Å². The van der Waals surface area contributed by atoms with Crippen LogP contribution in [0.1, 0.15) is 40.0 Å². The molecule has 0 spiro atoms. The van der Waals surface area contributed by atoms with Crippen molar-refractivity contribution in [2.45, 2.75) is 52.3 Å². The van der Waals surface area contributed by atoms with Crippen molar-refractivity contribution in [2.75, 3.05) is 6.54 Å². The van der Waals surface area contributed by atoms with Gasteiger partial charge in [0.15, 0.2) is 0 Å². The number of hydrogen-bond donors (Lipinski definition) is 1. The molecule has 2 unspecified atom stereocenters. The van der Waals surface area contributed by atoms with Gasteiger partial charge in [-0.15, -0.1) is 0 Å². The minimum atomic E-state index is -4.06. The molecule has 0 bridgehead atoms. The molecule has 14 heavy (non-hydrogen) atoms. The Morgan fingerprint density at radius 2 is 1.79 bits per heavy atom. The van der Waals surface area contributed by atoms with Gasteiger partial charge in [-0.05, 0) is 18.9 Å². The van der Waals surface area contributed by atoms with E-state index < -0.39 is 18.6 Å². The lowest BCUT2D eigenvalue weighted by Crippen LogP contribution is -2.39. The minimum Gasteiger partial charge on any atom is -0.313 e. The molecule has 0 aliphatic rings. The largest absolute Gasteiger partial charge is 0.390 e. The summed E-state index contributed by atoms with van der Waals surface area (Å²) in [6.45, 7) is 6.39. The number of halogens is 3. The van der Waals surface area contributed by atoms with Gasteiger partial charge < -0.3 is 5.32 Å². The van der Waals surface area contributed by atoms with Crippen LogP contribution in [0.2, 0.25) is 0 Å². The molecule has 0 radical (unpaired) electrons. The molecule has 0 aliphatic carbocycles. The molecule has 0 aromatic heterocycles. The van der Waals surface area contributed by atoms with Crippen LogP contribution in [0.15, 0.2) is 0 Å². The van der Waals surface area contributed by atoms with Gasteiger partial charge in [-0.25, -0.2) is 0 Å². The molecule has 0 aliphatic heterocycles. The predicted molar refractivity (Wildman–Crippen MR) is 52.2 cm³/mol. The first kappa shape index (κ1) is 13.8. The minimum absolute atomic E-state index is 0.0724. The van der Waals surface area contributed by atoms with Crippen LogP contribution in [-0.2, 0) is 0 Å². The Labute approximate surface area is 84.1 Å². The highest BCUT2D eigenvalue weighted by Gasteiger charge is 2.33. The zero-order valence-corrected chi connectivity index (χ0v) is 9.12. The third-order valence-corrected chi connectivity index (χ3v) is 2.44. The topological polar surface area (TPSA) is 12.0 Å². The zero-order valence-electron chi connectivity index (χ0n) is 9.12. The summed E-state index contributed by atoms with van der Waals surface area (Å²) >= 11 is 0. The molecular formula is C10H20F3N. The molecule has 0 fully saturated rings. The van der Waals surface area contributed by atoms with Gasteiger partial charge >= 0.3 is 6.18 Å². The zero-order chi connectivity index (χ0) is 11.2. The lowest BCUT2D eigenvalue weighted by Gasteiger charge is -2.25. The number of alkyl halides is 3. The molecule has 0 saturated heterocycles. The molecule has 0 aromatic rings. The maximum atomic E-state index is 12.2. The van der Waals surface area contributed by atoms with Gasteiger partial charge in [0.25, 0.3) is 0 Å². The van der Waals surface area contributed by atoms with Crippen molar-refractivity contribution in [3.63, 3.8) is 0 Å². The fourth-order valence-electron chi connectivity index (χ4n) is 1.34. The summed E-state index contributed by atoms with van der Waals surface area (Å²) in [6, 6.07) is -0.431. The van der Waals surface area contributed by atoms with Crippen molar-refractivity contribution in [1.29, 1.82) is 0 Å². The molecule has 0 amide bonds. The molecular weight excluding hydrogens is 191 g/mol. The van der Waals surface area contributed by atoms with Gasteiger partial charge in [-0.2, -0.15) is 13.2 Å². The van der Waals surface area contributed by atoms with E-state index in [4.69, 9.17) is 0 Å². The van der Waals surface area contributed by atoms with E-state index in [0.29, 0.717) is 6.54 Å². The highest BCUT2D eigenvalue weighted by molar-refractivity contribution is 4.75. The van der Waals surface area contributed by atoms with Gasteiger partial charge in [0.05, 0.1) is 6.42 Å². The van der Waals surface area contributed by atoms with Crippen LogP contribution in [0.5, 0.6) is 0 Å². The van der Waals surface area contributed by atoms with Crippen molar-refractivity contribution in [3.8, 4) is 0 Å². The standard InChI is InChI=1S/C10H20F3N/c1-4-6-14-9(8(3)5-2)7-10(11,12)13/h8-9,14H,4-7H2,1-3H3. The Morgan fingerprint density at radius 1 is 1.21 bits per heavy atom. The maximum absolute atomic E-state index is 12.2. The van der Waals surface area contributed by atoms with Crippen LogP contribution in [0.4, 0.5) is 13.2 Å². The lowest BCUT2D eigenvalue weighted by atomic mass is 9.96. The van der Waals surface area contributed by atoms with E-state index in [-0.39, 0.29) is 5.92 Å². The summed E-state index contributed by atoms with van der Waals surface area (Å²) in [6.07, 6.45) is -3.14. The Kier molecular flexibility index (Phi) is 6.16. The second-order valence-corrected chi connectivity index (χ2v) is 3.77. The normalized spacial score (nSPS) is 16.7. The van der Waals surface area contributed by atoms with Crippen molar-refractivity contribution in [2.24, 2.45) is 5.92 Å². The van der Waals surface area contributed by atoms with E-state index in [1.807, 2.05) is 20.8 Å². The highest BCUT2D eigenvalue weighted by Crippen LogP contribution is 2.25. The van der Waals surface area contributed by atoms with Gasteiger partial charge in [0, 0.05) is 6.04 Å². The monoisotopic (exact) mass is 211 g/mol. The summed E-state index contributed by atoms with van der Waals surface area (Å²) in [5.74, 6) is 0.0724. The van der Waals surface area contributed by atoms with E-state index in [0.717, 1.165) is 12.8 Å². The van der Waals surface area contributed by atoms with E-state index in [1.165, 1.54) is 0 Å². The second kappa shape index (κ2) is 6.27. The fraction of sp³-hybridized carbons (Fsp3) is 1.00. The molecule has 0 aromatic carbocycles. The number of nitrogens with one attached hydrogen (secondary N) is 1. The molecule has 2 atom stereocenters. The highest BCUT2D eigenvalue weighted by atomic mass is 19.4. The fourth-order valence-corrected chi connectivity index (χ4v) is 1.34. The van der Waals surface area contributed by atoms with Crippen LogP contribution < -0.4 is 5.32 Å². The van der Waals surface area contributed by atoms with Crippen LogP contribution in [-0.4, -0.2) is 18.8 Å². The van der Waals surface area contributed by atoms with Gasteiger partial charge in [-0.1, -0.05) is 27.2 Å². The molecule has 4 heteroatoms. The average molecular weight is 211 g/mol. The van der Waals surface area contributed by atoms with Crippen molar-refractivity contribution in [3.05, 3.63) is 0 Å². The maximum Gasteiger partial charge on any atom is 0.390 e. The van der Waals surface area contributed by atoms with Crippen LogP contribution in [0.25, 0.3) is 0 Å². The Hall–Kier alpha value is -0.250. The summed E-state index contributed by atoms with van der Waals surface area (Å²) in [7, 11) is 0. The molecule has 86 valence electrons. The first-order valence-corrected chi connectivity index (χ1v) is 5.20. The Morgan fingerprint density at radius 3 is 2.14 bits per heavy atom. The van der Waals surface area contributed by atoms with Gasteiger partial charge in [0.1, 0.15) is 0 Å². The average Bonchev–Trinajstić information content (AvgIpc) is 2.09. The molecule has 1 N–H and O–H groups in total. The third kappa shape index (κ3) is 6.24. The lowest BCUT2D eigenvalue weighted by molar-refractivity contribution is -0.142. The molecule has 0 heterocycles. The molecule has 1 nitrogen and oxygen atoms in total. The van der Waals surface area contributed by atoms with E-state index in [2.05, 4.69) is 5.32 Å². The van der Waals surface area contributed by atoms with E-state index >= 15 is 0 Å². The summed E-state index contributed by atoms with van der Waals surface area (Å²) in [4.78, 5) is 0. The van der Waals surface area contributed by atoms with Crippen molar-refractivity contribution in [1.82, 2.24) is 5.32 Å². The van der Waals surface area contributed by atoms with Crippen LogP contribution in [0, 0.1) is 5.92 Å². The quantitative estimate of drug-likeness (QED) is 0.710. The summed E-state index contributed by atoms with van der Waals surface area (Å²) in [5, 5.41) is 2.96. The second-order valence-electron chi connectivity index (χ2n) is 3.77. The predicted octanol–water partition coefficient (Wildman–Crippen LogP) is 3.35. The molecule has 0 rings (SSSR count). The van der Waals surface area contributed by atoms with Gasteiger partial charge in [-0.3, -0.25) is 0 Å². The number of hydrogen-bond acceptors (Lipinski definition) is 1. The van der Waals surface area contributed by atoms with Crippen LogP contribution >= 0.6 is 0 Å². The number of rotatable bonds is 6. The third-order valence-electron chi connectivity index (χ3n) is 2.44. The van der Waals surface area contributed by atoms with Crippen molar-refractivity contribution < 1.29 is 13.2 Å².